The first-order valence-electron chi connectivity index (χ1n) is 8.46. The number of hydrogen-bond donors (Lipinski definition) is 1. The molecule has 1 amide bonds. The van der Waals surface area contributed by atoms with Crippen LogP contribution in [0.5, 0.6) is 5.75 Å². The molecule has 0 saturated carbocycles. The van der Waals surface area contributed by atoms with Gasteiger partial charge in [0.05, 0.1) is 12.5 Å². The fourth-order valence-electron chi connectivity index (χ4n) is 3.76. The molecule has 1 N–H and O–H groups in total. The minimum atomic E-state index is -0.855. The summed E-state index contributed by atoms with van der Waals surface area (Å²) in [6.45, 7) is 1.31. The van der Waals surface area contributed by atoms with Crippen LogP contribution in [0.2, 0.25) is 0 Å². The quantitative estimate of drug-likeness (QED) is 0.935. The highest BCUT2D eigenvalue weighted by atomic mass is 16.5. The Bertz CT molecular complexity index is 818. The molecule has 1 fully saturated rings. The fraction of sp³-hybridized carbons (Fsp3) is 0.300. The van der Waals surface area contributed by atoms with Gasteiger partial charge in [-0.05, 0) is 29.3 Å². The summed E-state index contributed by atoms with van der Waals surface area (Å²) in [6, 6.07) is 15.0. The Hall–Kier alpha value is -2.82. The van der Waals surface area contributed by atoms with Crippen molar-refractivity contribution in [2.45, 2.75) is 12.3 Å². The van der Waals surface area contributed by atoms with Gasteiger partial charge in [-0.25, -0.2) is 0 Å². The predicted octanol–water partition coefficient (Wildman–Crippen LogP) is 2.56. The second-order valence-corrected chi connectivity index (χ2v) is 6.59. The molecule has 5 nitrogen and oxygen atoms in total. The van der Waals surface area contributed by atoms with Crippen molar-refractivity contribution in [1.82, 2.24) is 4.90 Å². The molecule has 2 atom stereocenters. The molecule has 2 heterocycles. The molecule has 2 aliphatic rings. The highest BCUT2D eigenvalue weighted by Gasteiger charge is 2.40. The van der Waals surface area contributed by atoms with Crippen LogP contribution in [0.4, 0.5) is 0 Å². The van der Waals surface area contributed by atoms with Crippen molar-refractivity contribution in [1.29, 1.82) is 0 Å². The molecule has 0 unspecified atom stereocenters. The monoisotopic (exact) mass is 337 g/mol. The van der Waals surface area contributed by atoms with E-state index in [1.165, 1.54) is 0 Å². The SMILES string of the molecule is O=C(O)[C@@H]1CN(C(=O)c2ccc3c(c2)CCO3)C[C@@H]1c1ccccc1. The number of benzene rings is 2. The van der Waals surface area contributed by atoms with Gasteiger partial charge in [0.15, 0.2) is 0 Å². The molecule has 0 aromatic heterocycles. The largest absolute Gasteiger partial charge is 0.493 e. The van der Waals surface area contributed by atoms with E-state index in [1.54, 1.807) is 11.0 Å². The number of carboxylic acid groups (broad SMARTS) is 1. The van der Waals surface area contributed by atoms with Crippen molar-refractivity contribution in [3.05, 3.63) is 65.2 Å². The highest BCUT2D eigenvalue weighted by molar-refractivity contribution is 5.95. The van der Waals surface area contributed by atoms with Gasteiger partial charge < -0.3 is 14.7 Å². The molecular formula is C20H19NO4. The molecule has 5 heteroatoms. The number of ether oxygens (including phenoxy) is 1. The summed E-state index contributed by atoms with van der Waals surface area (Å²) in [4.78, 5) is 26.2. The lowest BCUT2D eigenvalue weighted by Gasteiger charge is -2.17. The summed E-state index contributed by atoms with van der Waals surface area (Å²) in [5.74, 6) is -0.890. The lowest BCUT2D eigenvalue weighted by atomic mass is 9.89. The normalized spacial score (nSPS) is 21.7. The van der Waals surface area contributed by atoms with Crippen molar-refractivity contribution in [2.24, 2.45) is 5.92 Å². The van der Waals surface area contributed by atoms with Crippen LogP contribution in [0, 0.1) is 5.92 Å². The van der Waals surface area contributed by atoms with Crippen molar-refractivity contribution in [3.63, 3.8) is 0 Å². The Kier molecular flexibility index (Phi) is 3.92. The maximum atomic E-state index is 12.9. The van der Waals surface area contributed by atoms with Crippen LogP contribution in [0.25, 0.3) is 0 Å². The molecule has 2 aliphatic heterocycles. The van der Waals surface area contributed by atoms with Gasteiger partial charge in [0, 0.05) is 31.0 Å². The maximum Gasteiger partial charge on any atom is 0.308 e. The van der Waals surface area contributed by atoms with E-state index in [4.69, 9.17) is 4.74 Å². The molecular weight excluding hydrogens is 318 g/mol. The van der Waals surface area contributed by atoms with Crippen molar-refractivity contribution >= 4 is 11.9 Å². The number of nitrogens with zero attached hydrogens (tertiary/aromatic N) is 1. The number of fused-ring (bicyclic) bond motifs is 1. The topological polar surface area (TPSA) is 66.8 Å². The minimum absolute atomic E-state index is 0.112. The first kappa shape index (κ1) is 15.7. The first-order chi connectivity index (χ1) is 12.1. The maximum absolute atomic E-state index is 12.9. The van der Waals surface area contributed by atoms with Gasteiger partial charge in [0.1, 0.15) is 5.75 Å². The summed E-state index contributed by atoms with van der Waals surface area (Å²) in [7, 11) is 0. The third-order valence-corrected chi connectivity index (χ3v) is 5.09. The second-order valence-electron chi connectivity index (χ2n) is 6.59. The number of likely N-dealkylation sites (tertiary alicyclic amines) is 1. The number of carboxylic acids is 1. The second kappa shape index (κ2) is 6.24. The molecule has 0 bridgehead atoms. The molecule has 128 valence electrons. The number of amides is 1. The lowest BCUT2D eigenvalue weighted by molar-refractivity contribution is -0.141. The van der Waals surface area contributed by atoms with Gasteiger partial charge in [-0.1, -0.05) is 30.3 Å². The van der Waals surface area contributed by atoms with Gasteiger partial charge in [0.2, 0.25) is 0 Å². The first-order valence-corrected chi connectivity index (χ1v) is 8.46. The Morgan fingerprint density at radius 2 is 1.88 bits per heavy atom. The summed E-state index contributed by atoms with van der Waals surface area (Å²) in [5.41, 5.74) is 2.61. The van der Waals surface area contributed by atoms with E-state index in [-0.39, 0.29) is 18.4 Å². The molecule has 2 aromatic carbocycles. The number of aliphatic carboxylic acids is 1. The van der Waals surface area contributed by atoms with E-state index >= 15 is 0 Å². The fourth-order valence-corrected chi connectivity index (χ4v) is 3.76. The molecule has 25 heavy (non-hydrogen) atoms. The van der Waals surface area contributed by atoms with Crippen molar-refractivity contribution in [2.75, 3.05) is 19.7 Å². The van der Waals surface area contributed by atoms with Crippen LogP contribution in [0.1, 0.15) is 27.4 Å². The van der Waals surface area contributed by atoms with E-state index in [9.17, 15) is 14.7 Å². The van der Waals surface area contributed by atoms with Crippen LogP contribution >= 0.6 is 0 Å². The van der Waals surface area contributed by atoms with Crippen LogP contribution in [0.3, 0.4) is 0 Å². The smallest absolute Gasteiger partial charge is 0.308 e. The summed E-state index contributed by atoms with van der Waals surface area (Å²) in [6.07, 6.45) is 0.806. The van der Waals surface area contributed by atoms with E-state index in [0.717, 1.165) is 23.3 Å². The van der Waals surface area contributed by atoms with E-state index in [1.807, 2.05) is 42.5 Å². The molecule has 0 radical (unpaired) electrons. The molecule has 0 aliphatic carbocycles. The molecule has 2 aromatic rings. The van der Waals surface area contributed by atoms with Gasteiger partial charge in [0.25, 0.3) is 5.91 Å². The summed E-state index contributed by atoms with van der Waals surface area (Å²) >= 11 is 0. The zero-order chi connectivity index (χ0) is 17.4. The Morgan fingerprint density at radius 3 is 2.64 bits per heavy atom. The zero-order valence-corrected chi connectivity index (χ0v) is 13.7. The zero-order valence-electron chi connectivity index (χ0n) is 13.7. The molecule has 4 rings (SSSR count). The number of rotatable bonds is 3. The van der Waals surface area contributed by atoms with Crippen LogP contribution in [-0.4, -0.2) is 41.6 Å². The average molecular weight is 337 g/mol. The lowest BCUT2D eigenvalue weighted by Crippen LogP contribution is -2.29. The molecule has 1 saturated heterocycles. The van der Waals surface area contributed by atoms with Gasteiger partial charge in [-0.15, -0.1) is 0 Å². The number of carbonyl (C=O) groups is 2. The Morgan fingerprint density at radius 1 is 1.08 bits per heavy atom. The average Bonchev–Trinajstić information content (AvgIpc) is 3.28. The summed E-state index contributed by atoms with van der Waals surface area (Å²) in [5, 5.41) is 9.59. The van der Waals surface area contributed by atoms with Gasteiger partial charge in [-0.3, -0.25) is 9.59 Å². The van der Waals surface area contributed by atoms with Crippen molar-refractivity contribution in [3.8, 4) is 5.75 Å². The summed E-state index contributed by atoms with van der Waals surface area (Å²) < 4.78 is 5.48. The standard InChI is InChI=1S/C20H19NO4/c22-19(15-6-7-18-14(10-15)8-9-25-18)21-11-16(17(12-21)20(23)24)13-4-2-1-3-5-13/h1-7,10,16-17H,8-9,11-12H2,(H,23,24)/t16-,17-/m1/s1. The predicted molar refractivity (Wildman–Crippen MR) is 91.9 cm³/mol. The van der Waals surface area contributed by atoms with Crippen molar-refractivity contribution < 1.29 is 19.4 Å². The van der Waals surface area contributed by atoms with E-state index < -0.39 is 11.9 Å². The third-order valence-electron chi connectivity index (χ3n) is 5.09. The Labute approximate surface area is 145 Å². The number of carbonyl (C=O) groups excluding carboxylic acids is 1. The highest BCUT2D eigenvalue weighted by Crippen LogP contribution is 2.34. The van der Waals surface area contributed by atoms with Gasteiger partial charge >= 0.3 is 5.97 Å². The van der Waals surface area contributed by atoms with Crippen LogP contribution < -0.4 is 4.74 Å². The molecule has 0 spiro atoms. The van der Waals surface area contributed by atoms with Crippen LogP contribution in [-0.2, 0) is 11.2 Å². The van der Waals surface area contributed by atoms with E-state index in [2.05, 4.69) is 0 Å². The van der Waals surface area contributed by atoms with E-state index in [0.29, 0.717) is 18.7 Å². The third kappa shape index (κ3) is 2.86. The number of hydrogen-bond acceptors (Lipinski definition) is 3. The van der Waals surface area contributed by atoms with Gasteiger partial charge in [-0.2, -0.15) is 0 Å². The minimum Gasteiger partial charge on any atom is -0.493 e. The Balaban J connectivity index is 1.59. The van der Waals surface area contributed by atoms with Crippen LogP contribution in [0.15, 0.2) is 48.5 Å².